The molecule has 0 unspecified atom stereocenters. The highest BCUT2D eigenvalue weighted by atomic mass is 32.1. The minimum absolute atomic E-state index is 0.226. The standard InChI is InChI=1S/C15H16N2O2S/c1-10(2)11-5-7-12(8-6-11)16-15(20)17-14(18)13-4-3-9-19-13/h3-10H,1-2H3,(H2,16,17,18,20). The van der Waals surface area contributed by atoms with Gasteiger partial charge in [0.25, 0.3) is 5.91 Å². The van der Waals surface area contributed by atoms with Crippen molar-refractivity contribution < 1.29 is 9.21 Å². The first-order valence-corrected chi connectivity index (χ1v) is 6.73. The number of nitrogens with one attached hydrogen (secondary N) is 2. The van der Waals surface area contributed by atoms with Crippen molar-refractivity contribution in [3.8, 4) is 0 Å². The Morgan fingerprint density at radius 1 is 1.20 bits per heavy atom. The highest BCUT2D eigenvalue weighted by Crippen LogP contribution is 2.17. The van der Waals surface area contributed by atoms with Gasteiger partial charge in [0.15, 0.2) is 10.9 Å². The highest BCUT2D eigenvalue weighted by molar-refractivity contribution is 7.80. The van der Waals surface area contributed by atoms with E-state index < -0.39 is 0 Å². The van der Waals surface area contributed by atoms with E-state index in [1.54, 1.807) is 12.1 Å². The fourth-order valence-corrected chi connectivity index (χ4v) is 1.90. The Morgan fingerprint density at radius 2 is 1.90 bits per heavy atom. The van der Waals surface area contributed by atoms with Gasteiger partial charge in [0.1, 0.15) is 0 Å². The van der Waals surface area contributed by atoms with Gasteiger partial charge < -0.3 is 9.73 Å². The van der Waals surface area contributed by atoms with Gasteiger partial charge in [-0.15, -0.1) is 0 Å². The normalized spacial score (nSPS) is 10.3. The first-order chi connectivity index (χ1) is 9.56. The van der Waals surface area contributed by atoms with Crippen molar-refractivity contribution in [3.05, 3.63) is 54.0 Å². The van der Waals surface area contributed by atoms with Crippen molar-refractivity contribution in [2.24, 2.45) is 0 Å². The number of carbonyl (C=O) groups is 1. The summed E-state index contributed by atoms with van der Waals surface area (Å²) in [5.74, 6) is 0.338. The molecule has 0 aliphatic heterocycles. The van der Waals surface area contributed by atoms with Crippen LogP contribution in [0.25, 0.3) is 0 Å². The van der Waals surface area contributed by atoms with Crippen molar-refractivity contribution in [1.82, 2.24) is 5.32 Å². The molecule has 1 aromatic heterocycles. The maximum absolute atomic E-state index is 11.7. The summed E-state index contributed by atoms with van der Waals surface area (Å²) in [6.07, 6.45) is 1.44. The number of rotatable bonds is 3. The lowest BCUT2D eigenvalue weighted by molar-refractivity contribution is 0.0950. The fraction of sp³-hybridized carbons (Fsp3) is 0.200. The summed E-state index contributed by atoms with van der Waals surface area (Å²) in [6, 6.07) is 11.2. The van der Waals surface area contributed by atoms with E-state index in [4.69, 9.17) is 16.6 Å². The summed E-state index contributed by atoms with van der Waals surface area (Å²) in [4.78, 5) is 11.7. The lowest BCUT2D eigenvalue weighted by Crippen LogP contribution is -2.33. The fourth-order valence-electron chi connectivity index (χ4n) is 1.69. The largest absolute Gasteiger partial charge is 0.459 e. The number of hydrogen-bond donors (Lipinski definition) is 2. The number of benzene rings is 1. The second-order valence-corrected chi connectivity index (χ2v) is 5.07. The van der Waals surface area contributed by atoms with E-state index in [1.165, 1.54) is 11.8 Å². The van der Waals surface area contributed by atoms with E-state index >= 15 is 0 Å². The van der Waals surface area contributed by atoms with Crippen molar-refractivity contribution in [2.45, 2.75) is 19.8 Å². The Morgan fingerprint density at radius 3 is 2.45 bits per heavy atom. The SMILES string of the molecule is CC(C)c1ccc(NC(=S)NC(=O)c2ccco2)cc1. The molecule has 2 N–H and O–H groups in total. The topological polar surface area (TPSA) is 54.3 Å². The lowest BCUT2D eigenvalue weighted by Gasteiger charge is -2.10. The predicted molar refractivity (Wildman–Crippen MR) is 82.9 cm³/mol. The second-order valence-electron chi connectivity index (χ2n) is 4.66. The third-order valence-corrected chi connectivity index (χ3v) is 3.01. The Hall–Kier alpha value is -2.14. The molecule has 0 atom stereocenters. The Labute approximate surface area is 123 Å². The zero-order valence-corrected chi connectivity index (χ0v) is 12.2. The van der Waals surface area contributed by atoms with Crippen LogP contribution in [0.1, 0.15) is 35.9 Å². The molecule has 1 amide bonds. The third-order valence-electron chi connectivity index (χ3n) is 2.81. The molecule has 0 aliphatic carbocycles. The predicted octanol–water partition coefficient (Wildman–Crippen LogP) is 3.53. The average Bonchev–Trinajstić information content (AvgIpc) is 2.93. The van der Waals surface area contributed by atoms with Gasteiger partial charge in [-0.1, -0.05) is 26.0 Å². The molecule has 1 aromatic carbocycles. The van der Waals surface area contributed by atoms with Crippen molar-refractivity contribution >= 4 is 28.9 Å². The highest BCUT2D eigenvalue weighted by Gasteiger charge is 2.10. The van der Waals surface area contributed by atoms with E-state index in [-0.39, 0.29) is 16.8 Å². The summed E-state index contributed by atoms with van der Waals surface area (Å²) >= 11 is 5.09. The molecule has 4 nitrogen and oxygen atoms in total. The van der Waals surface area contributed by atoms with Gasteiger partial charge >= 0.3 is 0 Å². The van der Waals surface area contributed by atoms with Gasteiger partial charge in [0.2, 0.25) is 0 Å². The summed E-state index contributed by atoms with van der Waals surface area (Å²) in [7, 11) is 0. The molecule has 0 saturated heterocycles. The maximum Gasteiger partial charge on any atom is 0.293 e. The van der Waals surface area contributed by atoms with Crippen LogP contribution >= 0.6 is 12.2 Å². The van der Waals surface area contributed by atoms with Gasteiger partial charge in [0, 0.05) is 5.69 Å². The molecule has 0 saturated carbocycles. The minimum Gasteiger partial charge on any atom is -0.459 e. The quantitative estimate of drug-likeness (QED) is 0.848. The van der Waals surface area contributed by atoms with Crippen LogP contribution in [0, 0.1) is 0 Å². The van der Waals surface area contributed by atoms with E-state index in [9.17, 15) is 4.79 Å². The number of furan rings is 1. The van der Waals surface area contributed by atoms with Crippen molar-refractivity contribution in [2.75, 3.05) is 5.32 Å². The number of anilines is 1. The van der Waals surface area contributed by atoms with Gasteiger partial charge in [-0.25, -0.2) is 0 Å². The number of thiocarbonyl (C=S) groups is 1. The first kappa shape index (κ1) is 14.3. The number of amides is 1. The van der Waals surface area contributed by atoms with Crippen LogP contribution in [-0.4, -0.2) is 11.0 Å². The molecule has 5 heteroatoms. The van der Waals surface area contributed by atoms with E-state index in [2.05, 4.69) is 24.5 Å². The molecule has 2 rings (SSSR count). The zero-order chi connectivity index (χ0) is 14.5. The smallest absolute Gasteiger partial charge is 0.293 e. The van der Waals surface area contributed by atoms with Gasteiger partial charge in [-0.05, 0) is 48.0 Å². The third kappa shape index (κ3) is 3.68. The van der Waals surface area contributed by atoms with Crippen LogP contribution in [-0.2, 0) is 0 Å². The first-order valence-electron chi connectivity index (χ1n) is 6.32. The van der Waals surface area contributed by atoms with Crippen molar-refractivity contribution in [3.63, 3.8) is 0 Å². The van der Waals surface area contributed by atoms with Crippen LogP contribution in [0.15, 0.2) is 47.1 Å². The summed E-state index contributed by atoms with van der Waals surface area (Å²) < 4.78 is 4.99. The van der Waals surface area contributed by atoms with E-state index in [0.29, 0.717) is 5.92 Å². The van der Waals surface area contributed by atoms with Crippen LogP contribution in [0.5, 0.6) is 0 Å². The van der Waals surface area contributed by atoms with Gasteiger partial charge in [0.05, 0.1) is 6.26 Å². The maximum atomic E-state index is 11.7. The van der Waals surface area contributed by atoms with E-state index in [1.807, 2.05) is 24.3 Å². The average molecular weight is 288 g/mol. The van der Waals surface area contributed by atoms with Crippen LogP contribution < -0.4 is 10.6 Å². The van der Waals surface area contributed by atoms with Crippen LogP contribution in [0.3, 0.4) is 0 Å². The summed E-state index contributed by atoms with van der Waals surface area (Å²) in [6.45, 7) is 4.27. The molecule has 2 aromatic rings. The number of hydrogen-bond acceptors (Lipinski definition) is 3. The summed E-state index contributed by atoms with van der Waals surface area (Å²) in [5, 5.41) is 5.75. The zero-order valence-electron chi connectivity index (χ0n) is 11.3. The lowest BCUT2D eigenvalue weighted by atomic mass is 10.0. The molecule has 0 spiro atoms. The number of carbonyl (C=O) groups excluding carboxylic acids is 1. The molecule has 20 heavy (non-hydrogen) atoms. The monoisotopic (exact) mass is 288 g/mol. The Kier molecular flexibility index (Phi) is 4.53. The van der Waals surface area contributed by atoms with Gasteiger partial charge in [-0.3, -0.25) is 10.1 Å². The minimum atomic E-state index is -0.369. The molecular formula is C15H16N2O2S. The molecule has 0 radical (unpaired) electrons. The molecule has 104 valence electrons. The van der Waals surface area contributed by atoms with Crippen LogP contribution in [0.2, 0.25) is 0 Å². The molecular weight excluding hydrogens is 272 g/mol. The second kappa shape index (κ2) is 6.34. The van der Waals surface area contributed by atoms with Gasteiger partial charge in [-0.2, -0.15) is 0 Å². The van der Waals surface area contributed by atoms with Crippen molar-refractivity contribution in [1.29, 1.82) is 0 Å². The molecule has 0 bridgehead atoms. The molecule has 1 heterocycles. The Balaban J connectivity index is 1.93. The Bertz CT molecular complexity index is 589. The summed E-state index contributed by atoms with van der Waals surface area (Å²) in [5.41, 5.74) is 2.08. The van der Waals surface area contributed by atoms with Crippen LogP contribution in [0.4, 0.5) is 5.69 Å². The molecule has 0 aliphatic rings. The molecule has 0 fully saturated rings. The van der Waals surface area contributed by atoms with E-state index in [0.717, 1.165) is 5.69 Å².